The predicted molar refractivity (Wildman–Crippen MR) is 99.5 cm³/mol. The number of esters is 1. The van der Waals surface area contributed by atoms with E-state index in [1.807, 2.05) is 48.5 Å². The predicted octanol–water partition coefficient (Wildman–Crippen LogP) is 5.48. The highest BCUT2D eigenvalue weighted by molar-refractivity contribution is 5.97. The summed E-state index contributed by atoms with van der Waals surface area (Å²) in [6.07, 6.45) is -0.0710. The van der Waals surface area contributed by atoms with E-state index in [-0.39, 0.29) is 18.9 Å². The number of fused-ring (bicyclic) bond motifs is 2. The molecule has 1 heterocycles. The van der Waals surface area contributed by atoms with Crippen LogP contribution in [-0.4, -0.2) is 11.0 Å². The molecule has 0 spiro atoms. The van der Waals surface area contributed by atoms with E-state index in [1.165, 1.54) is 0 Å². The van der Waals surface area contributed by atoms with Crippen molar-refractivity contribution in [2.75, 3.05) is 0 Å². The number of ether oxygens (including phenoxy) is 1. The summed E-state index contributed by atoms with van der Waals surface area (Å²) >= 11 is 0. The van der Waals surface area contributed by atoms with Gasteiger partial charge in [-0.2, -0.15) is 8.78 Å². The van der Waals surface area contributed by atoms with Gasteiger partial charge in [0.15, 0.2) is 11.6 Å². The molecule has 0 amide bonds. The highest BCUT2D eigenvalue weighted by Crippen LogP contribution is 2.29. The number of halogens is 4. The van der Waals surface area contributed by atoms with Crippen LogP contribution in [0.1, 0.15) is 12.0 Å². The van der Waals surface area contributed by atoms with E-state index in [4.69, 9.17) is 0 Å². The Morgan fingerprint density at radius 3 is 1.90 bits per heavy atom. The second kappa shape index (κ2) is 7.50. The van der Waals surface area contributed by atoms with Crippen molar-refractivity contribution in [2.24, 2.45) is 0 Å². The molecule has 4 rings (SSSR count). The minimum Gasteiger partial charge on any atom is -0.420 e. The number of carbonyl (C=O) groups is 1. The number of aromatic nitrogens is 1. The zero-order chi connectivity index (χ0) is 20.5. The number of nitrogens with zero attached hydrogens (tertiary/aromatic N) is 1. The largest absolute Gasteiger partial charge is 0.420 e. The van der Waals surface area contributed by atoms with Crippen molar-refractivity contribution in [2.45, 2.75) is 12.8 Å². The third-order valence-electron chi connectivity index (χ3n) is 4.57. The molecule has 0 saturated heterocycles. The first-order valence-corrected chi connectivity index (χ1v) is 8.75. The summed E-state index contributed by atoms with van der Waals surface area (Å²) in [5, 5.41) is 1.65. The van der Waals surface area contributed by atoms with Gasteiger partial charge in [-0.15, -0.1) is 0 Å². The number of para-hydroxylation sites is 2. The molecule has 0 aliphatic carbocycles. The quantitative estimate of drug-likeness (QED) is 0.150. The molecule has 3 nitrogen and oxygen atoms in total. The van der Waals surface area contributed by atoms with Crippen LogP contribution in [0.5, 0.6) is 5.75 Å². The Morgan fingerprint density at radius 2 is 1.34 bits per heavy atom. The summed E-state index contributed by atoms with van der Waals surface area (Å²) in [7, 11) is 0. The summed E-state index contributed by atoms with van der Waals surface area (Å²) in [6.45, 7) is 0. The second-order valence-corrected chi connectivity index (χ2v) is 6.40. The van der Waals surface area contributed by atoms with Crippen molar-refractivity contribution in [1.82, 2.24) is 4.98 Å². The Kier molecular flexibility index (Phi) is 4.88. The summed E-state index contributed by atoms with van der Waals surface area (Å²) < 4.78 is 58.6. The monoisotopic (exact) mass is 399 g/mol. The Morgan fingerprint density at radius 1 is 0.828 bits per heavy atom. The lowest BCUT2D eigenvalue weighted by atomic mass is 9.99. The van der Waals surface area contributed by atoms with Gasteiger partial charge in [0.05, 0.1) is 17.5 Å². The maximum atomic E-state index is 13.7. The van der Waals surface area contributed by atoms with Crippen LogP contribution in [-0.2, 0) is 11.2 Å². The lowest BCUT2D eigenvalue weighted by Gasteiger charge is -2.11. The fourth-order valence-electron chi connectivity index (χ4n) is 3.23. The van der Waals surface area contributed by atoms with Gasteiger partial charge in [0.25, 0.3) is 0 Å². The summed E-state index contributed by atoms with van der Waals surface area (Å²) in [4.78, 5) is 16.7. The van der Waals surface area contributed by atoms with Gasteiger partial charge in [0.2, 0.25) is 17.4 Å². The molecule has 146 valence electrons. The Bertz CT molecular complexity index is 1180. The fraction of sp³-hybridized carbons (Fsp3) is 0.0909. The number of carbonyl (C=O) groups excluding carboxylic acids is 1. The zero-order valence-corrected chi connectivity index (χ0v) is 14.9. The first-order chi connectivity index (χ1) is 14.0. The van der Waals surface area contributed by atoms with Gasteiger partial charge in [-0.05, 0) is 24.1 Å². The number of benzene rings is 3. The molecule has 7 heteroatoms. The fourth-order valence-corrected chi connectivity index (χ4v) is 3.23. The molecule has 0 atom stereocenters. The average Bonchev–Trinajstić information content (AvgIpc) is 2.72. The first-order valence-electron chi connectivity index (χ1n) is 8.75. The van der Waals surface area contributed by atoms with Crippen LogP contribution in [0.3, 0.4) is 0 Å². The van der Waals surface area contributed by atoms with Crippen molar-refractivity contribution in [1.29, 1.82) is 0 Å². The van der Waals surface area contributed by atoms with Crippen LogP contribution in [0.4, 0.5) is 17.6 Å². The van der Waals surface area contributed by atoms with Crippen LogP contribution in [0.25, 0.3) is 21.8 Å². The summed E-state index contributed by atoms with van der Waals surface area (Å²) in [5.74, 6) is -9.18. The molecular formula is C22H13F4NO2. The lowest BCUT2D eigenvalue weighted by Crippen LogP contribution is -2.13. The molecule has 0 aliphatic heterocycles. The summed E-state index contributed by atoms with van der Waals surface area (Å²) in [6, 6.07) is 14.8. The lowest BCUT2D eigenvalue weighted by molar-refractivity contribution is -0.134. The maximum Gasteiger partial charge on any atom is 0.311 e. The van der Waals surface area contributed by atoms with E-state index in [9.17, 15) is 22.4 Å². The maximum absolute atomic E-state index is 13.7. The van der Waals surface area contributed by atoms with E-state index in [1.54, 1.807) is 0 Å². The molecule has 0 unspecified atom stereocenters. The first kappa shape index (κ1) is 18.9. The Hall–Kier alpha value is -3.48. The van der Waals surface area contributed by atoms with Crippen LogP contribution >= 0.6 is 0 Å². The van der Waals surface area contributed by atoms with Crippen LogP contribution < -0.4 is 4.74 Å². The number of hydrogen-bond acceptors (Lipinski definition) is 3. The molecular weight excluding hydrogens is 386 g/mol. The van der Waals surface area contributed by atoms with Gasteiger partial charge in [0, 0.05) is 16.8 Å². The molecule has 1 aromatic heterocycles. The number of pyridine rings is 1. The van der Waals surface area contributed by atoms with Crippen molar-refractivity contribution in [3.05, 3.63) is 83.4 Å². The highest BCUT2D eigenvalue weighted by Gasteiger charge is 2.23. The van der Waals surface area contributed by atoms with E-state index in [2.05, 4.69) is 9.72 Å². The zero-order valence-electron chi connectivity index (χ0n) is 14.9. The van der Waals surface area contributed by atoms with Crippen LogP contribution in [0.2, 0.25) is 0 Å². The van der Waals surface area contributed by atoms with Crippen molar-refractivity contribution >= 4 is 27.8 Å². The van der Waals surface area contributed by atoms with Crippen molar-refractivity contribution in [3.8, 4) is 5.75 Å². The molecule has 29 heavy (non-hydrogen) atoms. The number of rotatable bonds is 4. The summed E-state index contributed by atoms with van der Waals surface area (Å²) in [5.41, 5.74) is 2.28. The minimum absolute atomic E-state index is 0.0528. The molecule has 0 radical (unpaired) electrons. The van der Waals surface area contributed by atoms with Gasteiger partial charge >= 0.3 is 5.97 Å². The highest BCUT2D eigenvalue weighted by atomic mass is 19.2. The van der Waals surface area contributed by atoms with Crippen molar-refractivity contribution < 1.29 is 27.1 Å². The minimum atomic E-state index is -1.75. The van der Waals surface area contributed by atoms with Gasteiger partial charge < -0.3 is 4.74 Å². The second-order valence-electron chi connectivity index (χ2n) is 6.40. The third-order valence-corrected chi connectivity index (χ3v) is 4.57. The van der Waals surface area contributed by atoms with Crippen LogP contribution in [0.15, 0.2) is 54.6 Å². The van der Waals surface area contributed by atoms with Crippen molar-refractivity contribution in [3.63, 3.8) is 0 Å². The van der Waals surface area contributed by atoms with Gasteiger partial charge in [-0.25, -0.2) is 13.8 Å². The van der Waals surface area contributed by atoms with Gasteiger partial charge in [-0.1, -0.05) is 36.4 Å². The standard InChI is InChI=1S/C22H13F4NO2/c23-15-11-16(24)21(26)22(20(15)25)29-19(28)10-9-12-13-5-1-3-7-17(13)27-18-8-4-2-6-14(12)18/h1-8,11H,9-10H2. The smallest absolute Gasteiger partial charge is 0.311 e. The third kappa shape index (κ3) is 3.51. The molecule has 0 aliphatic rings. The average molecular weight is 399 g/mol. The van der Waals surface area contributed by atoms with Gasteiger partial charge in [0.1, 0.15) is 0 Å². The molecule has 0 bridgehead atoms. The Balaban J connectivity index is 1.64. The van der Waals surface area contributed by atoms with Crippen LogP contribution in [0, 0.1) is 23.3 Å². The number of hydrogen-bond donors (Lipinski definition) is 0. The molecule has 4 aromatic rings. The molecule has 0 saturated carbocycles. The topological polar surface area (TPSA) is 39.2 Å². The normalized spacial score (nSPS) is 11.2. The molecule has 3 aromatic carbocycles. The molecule has 0 fully saturated rings. The molecule has 0 N–H and O–H groups in total. The number of aryl methyl sites for hydroxylation is 1. The Labute approximate surface area is 162 Å². The SMILES string of the molecule is O=C(CCc1c2ccccc2nc2ccccc12)Oc1c(F)c(F)cc(F)c1F. The van der Waals surface area contributed by atoms with Gasteiger partial charge in [-0.3, -0.25) is 4.79 Å². The van der Waals surface area contributed by atoms with E-state index < -0.39 is 35.0 Å². The van der Waals surface area contributed by atoms with E-state index in [0.717, 1.165) is 27.4 Å². The van der Waals surface area contributed by atoms with E-state index in [0.29, 0.717) is 0 Å². The van der Waals surface area contributed by atoms with E-state index >= 15 is 0 Å².